The Balaban J connectivity index is 1.24. The fourth-order valence-corrected chi connectivity index (χ4v) is 7.47. The summed E-state index contributed by atoms with van der Waals surface area (Å²) in [6.07, 6.45) is 0. The van der Waals surface area contributed by atoms with Crippen molar-refractivity contribution in [2.75, 3.05) is 0 Å². The molecule has 9 rings (SSSR count). The number of benzene rings is 9. The number of rotatable bonds is 6. The van der Waals surface area contributed by atoms with Gasteiger partial charge in [0.25, 0.3) is 0 Å². The minimum absolute atomic E-state index is 1.20. The van der Waals surface area contributed by atoms with Gasteiger partial charge in [0.05, 0.1) is 0 Å². The van der Waals surface area contributed by atoms with Crippen LogP contribution in [0.15, 0.2) is 206 Å². The van der Waals surface area contributed by atoms with E-state index in [4.69, 9.17) is 0 Å². The zero-order chi connectivity index (χ0) is 33.3. The second-order valence-electron chi connectivity index (χ2n) is 12.9. The highest BCUT2D eigenvalue weighted by molar-refractivity contribution is 6.22. The molecule has 0 saturated heterocycles. The maximum atomic E-state index is 2.38. The van der Waals surface area contributed by atoms with Crippen molar-refractivity contribution in [2.45, 2.75) is 0 Å². The lowest BCUT2D eigenvalue weighted by Gasteiger charge is -2.20. The van der Waals surface area contributed by atoms with Gasteiger partial charge in [-0.05, 0) is 94.4 Å². The Labute approximate surface area is 293 Å². The first-order valence-corrected chi connectivity index (χ1v) is 17.3. The summed E-state index contributed by atoms with van der Waals surface area (Å²) in [5, 5.41) is 5.03. The van der Waals surface area contributed by atoms with Crippen molar-refractivity contribution in [1.82, 2.24) is 0 Å². The van der Waals surface area contributed by atoms with E-state index >= 15 is 0 Å². The van der Waals surface area contributed by atoms with E-state index in [2.05, 4.69) is 206 Å². The van der Waals surface area contributed by atoms with Crippen LogP contribution in [-0.4, -0.2) is 0 Å². The predicted molar refractivity (Wildman–Crippen MR) is 214 cm³/mol. The molecule has 0 heterocycles. The SMILES string of the molecule is c1ccc(-c2ccc(-c3ccc(-c4c5ccccc5c(-c5ccc(-c6ccccc6)cc5)c5ccccc45)c(-c4ccccc4)c3)cc2)cc1. The van der Waals surface area contributed by atoms with Crippen molar-refractivity contribution in [3.63, 3.8) is 0 Å². The van der Waals surface area contributed by atoms with Crippen molar-refractivity contribution in [3.05, 3.63) is 206 Å². The lowest BCUT2D eigenvalue weighted by Crippen LogP contribution is -1.93. The summed E-state index contributed by atoms with van der Waals surface area (Å²) in [4.78, 5) is 0. The van der Waals surface area contributed by atoms with Gasteiger partial charge in [0.2, 0.25) is 0 Å². The van der Waals surface area contributed by atoms with E-state index in [1.807, 2.05) is 0 Å². The lowest BCUT2D eigenvalue weighted by atomic mass is 9.83. The van der Waals surface area contributed by atoms with Crippen molar-refractivity contribution >= 4 is 21.5 Å². The molecule has 0 fully saturated rings. The normalized spacial score (nSPS) is 11.2. The van der Waals surface area contributed by atoms with E-state index < -0.39 is 0 Å². The third kappa shape index (κ3) is 5.38. The largest absolute Gasteiger partial charge is 0.0622 e. The maximum absolute atomic E-state index is 2.38. The molecule has 0 saturated carbocycles. The molecule has 0 nitrogen and oxygen atoms in total. The average molecular weight is 635 g/mol. The van der Waals surface area contributed by atoms with Gasteiger partial charge in [0.15, 0.2) is 0 Å². The smallest absolute Gasteiger partial charge is 0.00201 e. The molecule has 50 heavy (non-hydrogen) atoms. The second-order valence-corrected chi connectivity index (χ2v) is 12.9. The highest BCUT2D eigenvalue weighted by Crippen LogP contribution is 2.47. The van der Waals surface area contributed by atoms with Gasteiger partial charge < -0.3 is 0 Å². The van der Waals surface area contributed by atoms with Crippen molar-refractivity contribution in [3.8, 4) is 66.8 Å². The van der Waals surface area contributed by atoms with Gasteiger partial charge in [0, 0.05) is 0 Å². The Bertz CT molecular complexity index is 2520. The van der Waals surface area contributed by atoms with E-state index in [-0.39, 0.29) is 0 Å². The van der Waals surface area contributed by atoms with Crippen molar-refractivity contribution < 1.29 is 0 Å². The summed E-state index contributed by atoms with van der Waals surface area (Å²) >= 11 is 0. The maximum Gasteiger partial charge on any atom is -0.00201 e. The van der Waals surface area contributed by atoms with E-state index in [9.17, 15) is 0 Å². The molecule has 234 valence electrons. The van der Waals surface area contributed by atoms with Crippen LogP contribution >= 0.6 is 0 Å². The summed E-state index contributed by atoms with van der Waals surface area (Å²) in [5.74, 6) is 0. The molecule has 0 heteroatoms. The Morgan fingerprint density at radius 3 is 0.960 bits per heavy atom. The number of fused-ring (bicyclic) bond motifs is 2. The molecule has 0 aliphatic rings. The van der Waals surface area contributed by atoms with Gasteiger partial charge >= 0.3 is 0 Å². The molecule has 0 aliphatic heterocycles. The van der Waals surface area contributed by atoms with Crippen LogP contribution in [0.4, 0.5) is 0 Å². The molecular weight excluding hydrogens is 601 g/mol. The molecule has 0 aliphatic carbocycles. The zero-order valence-electron chi connectivity index (χ0n) is 27.6. The van der Waals surface area contributed by atoms with Crippen LogP contribution < -0.4 is 0 Å². The van der Waals surface area contributed by atoms with Gasteiger partial charge in [-0.1, -0.05) is 200 Å². The first kappa shape index (κ1) is 29.6. The van der Waals surface area contributed by atoms with Gasteiger partial charge in [-0.3, -0.25) is 0 Å². The lowest BCUT2D eigenvalue weighted by molar-refractivity contribution is 1.57. The van der Waals surface area contributed by atoms with E-state index in [0.717, 1.165) is 0 Å². The molecule has 0 aromatic heterocycles. The molecule has 0 N–H and O–H groups in total. The summed E-state index contributed by atoms with van der Waals surface area (Å²) in [6, 6.07) is 74.9. The van der Waals surface area contributed by atoms with E-state index in [1.54, 1.807) is 0 Å². The number of hydrogen-bond acceptors (Lipinski definition) is 0. The highest BCUT2D eigenvalue weighted by Gasteiger charge is 2.19. The predicted octanol–water partition coefficient (Wildman–Crippen LogP) is 14.0. The summed E-state index contributed by atoms with van der Waals surface area (Å²) in [5.41, 5.74) is 14.8. The Hall–Kier alpha value is -6.50. The van der Waals surface area contributed by atoms with Gasteiger partial charge in [0.1, 0.15) is 0 Å². The van der Waals surface area contributed by atoms with Crippen LogP contribution in [0.3, 0.4) is 0 Å². The number of hydrogen-bond donors (Lipinski definition) is 0. The summed E-state index contributed by atoms with van der Waals surface area (Å²) < 4.78 is 0. The van der Waals surface area contributed by atoms with Crippen LogP contribution in [0.2, 0.25) is 0 Å². The molecule has 0 atom stereocenters. The van der Waals surface area contributed by atoms with Crippen molar-refractivity contribution in [2.24, 2.45) is 0 Å². The molecule has 9 aromatic rings. The van der Waals surface area contributed by atoms with Crippen LogP contribution in [0.1, 0.15) is 0 Å². The summed E-state index contributed by atoms with van der Waals surface area (Å²) in [7, 11) is 0. The first-order valence-electron chi connectivity index (χ1n) is 17.3. The Morgan fingerprint density at radius 2 is 0.500 bits per heavy atom. The average Bonchev–Trinajstić information content (AvgIpc) is 3.21. The fourth-order valence-electron chi connectivity index (χ4n) is 7.47. The monoisotopic (exact) mass is 634 g/mol. The first-order chi connectivity index (χ1) is 24.8. The van der Waals surface area contributed by atoms with E-state index in [0.29, 0.717) is 0 Å². The minimum Gasteiger partial charge on any atom is -0.0622 e. The van der Waals surface area contributed by atoms with E-state index in [1.165, 1.54) is 88.3 Å². The van der Waals surface area contributed by atoms with Gasteiger partial charge in [-0.2, -0.15) is 0 Å². The second kappa shape index (κ2) is 12.8. The van der Waals surface area contributed by atoms with Crippen LogP contribution in [-0.2, 0) is 0 Å². The van der Waals surface area contributed by atoms with Crippen LogP contribution in [0, 0.1) is 0 Å². The molecular formula is C50H34. The van der Waals surface area contributed by atoms with Gasteiger partial charge in [-0.15, -0.1) is 0 Å². The molecule has 0 amide bonds. The summed E-state index contributed by atoms with van der Waals surface area (Å²) in [6.45, 7) is 0. The molecule has 0 radical (unpaired) electrons. The standard InChI is InChI=1S/C50H34/c1-4-14-35(15-5-1)37-24-26-39(27-25-37)42-32-33-47(48(34-42)40-18-8-3-9-19-40)50-45-22-12-10-20-43(45)49(44-21-11-13-23-46(44)50)41-30-28-38(29-31-41)36-16-6-2-7-17-36/h1-34H. The fraction of sp³-hybridized carbons (Fsp3) is 0. The van der Waals surface area contributed by atoms with Crippen LogP contribution in [0.25, 0.3) is 88.3 Å². The molecule has 0 unspecified atom stereocenters. The van der Waals surface area contributed by atoms with Gasteiger partial charge in [-0.25, -0.2) is 0 Å². The molecule has 0 bridgehead atoms. The third-order valence-corrected chi connectivity index (χ3v) is 9.91. The van der Waals surface area contributed by atoms with Crippen molar-refractivity contribution in [1.29, 1.82) is 0 Å². The zero-order valence-corrected chi connectivity index (χ0v) is 27.6. The minimum atomic E-state index is 1.20. The third-order valence-electron chi connectivity index (χ3n) is 9.91. The molecule has 0 spiro atoms. The quantitative estimate of drug-likeness (QED) is 0.160. The molecule has 9 aromatic carbocycles. The van der Waals surface area contributed by atoms with Crippen LogP contribution in [0.5, 0.6) is 0 Å². The Morgan fingerprint density at radius 1 is 0.180 bits per heavy atom. The highest BCUT2D eigenvalue weighted by atomic mass is 14.2. The Kier molecular flexibility index (Phi) is 7.61. The topological polar surface area (TPSA) is 0 Å².